The quantitative estimate of drug-likeness (QED) is 0.892. The summed E-state index contributed by atoms with van der Waals surface area (Å²) in [6.07, 6.45) is 0. The first-order chi connectivity index (χ1) is 10.5. The average molecular weight is 300 g/mol. The van der Waals surface area contributed by atoms with Gasteiger partial charge in [0.15, 0.2) is 0 Å². The SMILES string of the molecule is CC(CN(C)C(=O)NCc1cccc2ccccc12)C(=O)O. The first-order valence-corrected chi connectivity index (χ1v) is 7.17. The molecule has 0 aliphatic carbocycles. The fraction of sp³-hybridized carbons (Fsp3) is 0.294. The van der Waals surface area contributed by atoms with Crippen molar-refractivity contribution >= 4 is 22.8 Å². The first-order valence-electron chi connectivity index (χ1n) is 7.17. The number of carboxylic acids is 1. The van der Waals surface area contributed by atoms with Crippen LogP contribution in [-0.4, -0.2) is 35.6 Å². The van der Waals surface area contributed by atoms with E-state index in [0.29, 0.717) is 6.54 Å². The zero-order valence-electron chi connectivity index (χ0n) is 12.7. The normalized spacial score (nSPS) is 11.9. The highest BCUT2D eigenvalue weighted by atomic mass is 16.4. The molecule has 1 atom stereocenters. The van der Waals surface area contributed by atoms with Crippen LogP contribution in [0.5, 0.6) is 0 Å². The lowest BCUT2D eigenvalue weighted by molar-refractivity contribution is -0.141. The summed E-state index contributed by atoms with van der Waals surface area (Å²) >= 11 is 0. The van der Waals surface area contributed by atoms with Gasteiger partial charge in [-0.15, -0.1) is 0 Å². The maximum Gasteiger partial charge on any atom is 0.317 e. The van der Waals surface area contributed by atoms with Gasteiger partial charge in [-0.05, 0) is 16.3 Å². The van der Waals surface area contributed by atoms with E-state index >= 15 is 0 Å². The summed E-state index contributed by atoms with van der Waals surface area (Å²) < 4.78 is 0. The van der Waals surface area contributed by atoms with E-state index in [2.05, 4.69) is 5.32 Å². The molecule has 0 fully saturated rings. The molecule has 2 rings (SSSR count). The molecule has 2 aromatic carbocycles. The van der Waals surface area contributed by atoms with Crippen LogP contribution in [0.15, 0.2) is 42.5 Å². The molecule has 5 heteroatoms. The number of amides is 2. The van der Waals surface area contributed by atoms with Crippen LogP contribution < -0.4 is 5.32 Å². The highest BCUT2D eigenvalue weighted by Crippen LogP contribution is 2.18. The third-order valence-corrected chi connectivity index (χ3v) is 3.63. The minimum absolute atomic E-state index is 0.177. The van der Waals surface area contributed by atoms with Crippen molar-refractivity contribution in [1.82, 2.24) is 10.2 Å². The Labute approximate surface area is 129 Å². The molecule has 5 nitrogen and oxygen atoms in total. The molecule has 0 radical (unpaired) electrons. The van der Waals surface area contributed by atoms with Gasteiger partial charge in [0.05, 0.1) is 5.92 Å². The van der Waals surface area contributed by atoms with Gasteiger partial charge in [-0.2, -0.15) is 0 Å². The summed E-state index contributed by atoms with van der Waals surface area (Å²) in [5, 5.41) is 13.9. The van der Waals surface area contributed by atoms with Gasteiger partial charge in [-0.3, -0.25) is 4.79 Å². The highest BCUT2D eigenvalue weighted by molar-refractivity contribution is 5.86. The molecule has 0 aliphatic heterocycles. The van der Waals surface area contributed by atoms with Gasteiger partial charge in [0.2, 0.25) is 0 Å². The Kier molecular flexibility index (Phi) is 4.99. The van der Waals surface area contributed by atoms with Crippen LogP contribution in [0.3, 0.4) is 0 Å². The van der Waals surface area contributed by atoms with Crippen LogP contribution in [-0.2, 0) is 11.3 Å². The number of fused-ring (bicyclic) bond motifs is 1. The Morgan fingerprint density at radius 1 is 1.18 bits per heavy atom. The number of hydrogen-bond acceptors (Lipinski definition) is 2. The van der Waals surface area contributed by atoms with Crippen molar-refractivity contribution in [3.05, 3.63) is 48.0 Å². The Morgan fingerprint density at radius 3 is 2.59 bits per heavy atom. The second-order valence-corrected chi connectivity index (χ2v) is 5.42. The number of nitrogens with zero attached hydrogens (tertiary/aromatic N) is 1. The molecule has 22 heavy (non-hydrogen) atoms. The fourth-order valence-electron chi connectivity index (χ4n) is 2.32. The molecular formula is C17H20N2O3. The summed E-state index contributed by atoms with van der Waals surface area (Å²) in [7, 11) is 1.60. The lowest BCUT2D eigenvalue weighted by atomic mass is 10.0. The van der Waals surface area contributed by atoms with Gasteiger partial charge < -0.3 is 15.3 Å². The van der Waals surface area contributed by atoms with Crippen molar-refractivity contribution in [1.29, 1.82) is 0 Å². The van der Waals surface area contributed by atoms with E-state index in [-0.39, 0.29) is 12.6 Å². The molecule has 2 aromatic rings. The van der Waals surface area contributed by atoms with Crippen molar-refractivity contribution in [2.24, 2.45) is 5.92 Å². The van der Waals surface area contributed by atoms with Crippen LogP contribution in [0.25, 0.3) is 10.8 Å². The molecule has 116 valence electrons. The Morgan fingerprint density at radius 2 is 1.86 bits per heavy atom. The second-order valence-electron chi connectivity index (χ2n) is 5.42. The number of rotatable bonds is 5. The van der Waals surface area contributed by atoms with Gasteiger partial charge in [0, 0.05) is 20.1 Å². The van der Waals surface area contributed by atoms with E-state index < -0.39 is 11.9 Å². The maximum absolute atomic E-state index is 12.0. The molecular weight excluding hydrogens is 280 g/mol. The van der Waals surface area contributed by atoms with Crippen molar-refractivity contribution in [2.45, 2.75) is 13.5 Å². The average Bonchev–Trinajstić information content (AvgIpc) is 2.52. The van der Waals surface area contributed by atoms with Gasteiger partial charge in [0.1, 0.15) is 0 Å². The molecule has 0 spiro atoms. The van der Waals surface area contributed by atoms with E-state index in [1.54, 1.807) is 14.0 Å². The molecule has 0 aromatic heterocycles. The summed E-state index contributed by atoms with van der Waals surface area (Å²) in [5.74, 6) is -1.50. The molecule has 0 saturated carbocycles. The summed E-state index contributed by atoms with van der Waals surface area (Å²) in [6.45, 7) is 2.17. The lowest BCUT2D eigenvalue weighted by Gasteiger charge is -2.20. The van der Waals surface area contributed by atoms with Gasteiger partial charge in [-0.25, -0.2) is 4.79 Å². The number of benzene rings is 2. The molecule has 0 bridgehead atoms. The van der Waals surface area contributed by atoms with Gasteiger partial charge >= 0.3 is 12.0 Å². The number of carbonyl (C=O) groups is 2. The zero-order chi connectivity index (χ0) is 16.1. The monoisotopic (exact) mass is 300 g/mol. The predicted octanol–water partition coefficient (Wildman–Crippen LogP) is 2.70. The third kappa shape index (κ3) is 3.75. The van der Waals surface area contributed by atoms with E-state index in [4.69, 9.17) is 5.11 Å². The summed E-state index contributed by atoms with van der Waals surface area (Å²) in [6, 6.07) is 13.7. The predicted molar refractivity (Wildman–Crippen MR) is 85.6 cm³/mol. The van der Waals surface area contributed by atoms with Crippen molar-refractivity contribution in [2.75, 3.05) is 13.6 Å². The third-order valence-electron chi connectivity index (χ3n) is 3.63. The zero-order valence-corrected chi connectivity index (χ0v) is 12.7. The first kappa shape index (κ1) is 15.8. The molecule has 0 aliphatic rings. The van der Waals surface area contributed by atoms with Crippen LogP contribution in [0.1, 0.15) is 12.5 Å². The van der Waals surface area contributed by atoms with Crippen LogP contribution in [0.2, 0.25) is 0 Å². The van der Waals surface area contributed by atoms with Crippen molar-refractivity contribution in [3.63, 3.8) is 0 Å². The van der Waals surface area contributed by atoms with E-state index in [1.165, 1.54) is 4.90 Å². The standard InChI is InChI=1S/C17H20N2O3/c1-12(16(20)21)11-19(2)17(22)18-10-14-8-5-7-13-6-3-4-9-15(13)14/h3-9,12H,10-11H2,1-2H3,(H,18,22)(H,20,21). The Balaban J connectivity index is 1.99. The van der Waals surface area contributed by atoms with Gasteiger partial charge in [0.25, 0.3) is 0 Å². The van der Waals surface area contributed by atoms with Crippen molar-refractivity contribution < 1.29 is 14.7 Å². The lowest BCUT2D eigenvalue weighted by Crippen LogP contribution is -2.40. The van der Waals surface area contributed by atoms with E-state index in [1.807, 2.05) is 42.5 Å². The molecule has 2 N–H and O–H groups in total. The second kappa shape index (κ2) is 6.93. The summed E-state index contributed by atoms with van der Waals surface area (Å²) in [4.78, 5) is 24.2. The number of urea groups is 1. The van der Waals surface area contributed by atoms with Crippen molar-refractivity contribution in [3.8, 4) is 0 Å². The molecule has 0 saturated heterocycles. The fourth-order valence-corrected chi connectivity index (χ4v) is 2.32. The van der Waals surface area contributed by atoms with Gasteiger partial charge in [-0.1, -0.05) is 49.4 Å². The smallest absolute Gasteiger partial charge is 0.317 e. The van der Waals surface area contributed by atoms with E-state index in [9.17, 15) is 9.59 Å². The summed E-state index contributed by atoms with van der Waals surface area (Å²) in [5.41, 5.74) is 1.03. The number of hydrogen-bond donors (Lipinski definition) is 2. The Bertz CT molecular complexity index is 679. The minimum atomic E-state index is -0.909. The van der Waals surface area contributed by atoms with Crippen LogP contribution in [0, 0.1) is 5.92 Å². The molecule has 2 amide bonds. The molecule has 0 heterocycles. The minimum Gasteiger partial charge on any atom is -0.481 e. The van der Waals surface area contributed by atoms with Crippen LogP contribution >= 0.6 is 0 Å². The number of carbonyl (C=O) groups excluding carboxylic acids is 1. The highest BCUT2D eigenvalue weighted by Gasteiger charge is 2.17. The maximum atomic E-state index is 12.0. The molecule has 1 unspecified atom stereocenters. The largest absolute Gasteiger partial charge is 0.481 e. The topological polar surface area (TPSA) is 69.6 Å². The van der Waals surface area contributed by atoms with E-state index in [0.717, 1.165) is 16.3 Å². The number of aliphatic carboxylic acids is 1. The Hall–Kier alpha value is -2.56. The van der Waals surface area contributed by atoms with Crippen LogP contribution in [0.4, 0.5) is 4.79 Å². The number of carboxylic acid groups (broad SMARTS) is 1. The number of nitrogens with one attached hydrogen (secondary N) is 1.